The Labute approximate surface area is 186 Å². The maximum absolute atomic E-state index is 13.4. The summed E-state index contributed by atoms with van der Waals surface area (Å²) in [5.74, 6) is -0.287. The van der Waals surface area contributed by atoms with Crippen molar-refractivity contribution in [2.24, 2.45) is 5.92 Å². The van der Waals surface area contributed by atoms with Crippen molar-refractivity contribution in [2.45, 2.75) is 63.5 Å². The first-order valence-electron chi connectivity index (χ1n) is 11.2. The van der Waals surface area contributed by atoms with E-state index in [1.807, 2.05) is 37.3 Å². The first kappa shape index (κ1) is 22.6. The summed E-state index contributed by atoms with van der Waals surface area (Å²) >= 11 is 0. The van der Waals surface area contributed by atoms with Gasteiger partial charge in [0.05, 0.1) is 23.8 Å². The van der Waals surface area contributed by atoms with Crippen molar-refractivity contribution in [1.29, 1.82) is 0 Å². The molecule has 1 N–H and O–H groups in total. The third kappa shape index (κ3) is 4.93. The monoisotopic (exact) mass is 447 g/mol. The molecule has 2 aromatic carbocycles. The highest BCUT2D eigenvalue weighted by atomic mass is 19.4. The lowest BCUT2D eigenvalue weighted by Crippen LogP contribution is -2.40. The van der Waals surface area contributed by atoms with Gasteiger partial charge in [0, 0.05) is 23.6 Å². The zero-order valence-electron chi connectivity index (χ0n) is 18.0. The van der Waals surface area contributed by atoms with Crippen molar-refractivity contribution in [3.8, 4) is 0 Å². The minimum Gasteiger partial charge on any atom is -0.463 e. The van der Waals surface area contributed by atoms with Crippen LogP contribution in [0.3, 0.4) is 0 Å². The van der Waals surface area contributed by atoms with Crippen LogP contribution in [0.5, 0.6) is 0 Å². The molecule has 0 unspecified atom stereocenters. The van der Waals surface area contributed by atoms with Gasteiger partial charge in [-0.05, 0) is 43.0 Å². The van der Waals surface area contributed by atoms with Gasteiger partial charge in [-0.2, -0.15) is 13.2 Å². The number of anilines is 1. The quantitative estimate of drug-likeness (QED) is 0.518. The number of carbonyl (C=O) groups is 1. The van der Waals surface area contributed by atoms with E-state index in [1.54, 1.807) is 0 Å². The van der Waals surface area contributed by atoms with Gasteiger partial charge in [-0.1, -0.05) is 43.7 Å². The molecular weight excluding hydrogens is 419 g/mol. The van der Waals surface area contributed by atoms with Crippen LogP contribution in [0, 0.1) is 5.92 Å². The lowest BCUT2D eigenvalue weighted by atomic mass is 9.76. The van der Waals surface area contributed by atoms with Crippen LogP contribution >= 0.6 is 0 Å². The summed E-state index contributed by atoms with van der Waals surface area (Å²) in [6, 6.07) is 13.6. The second kappa shape index (κ2) is 9.53. The standard InChI is InChI=1S/C25H28F3NO3/c1-2-3-9-22(30)31-15-18-11-12-19-23(16-7-5-4-6-8-16)29-21-13-10-17(25(26,27)28)14-20(21)24(19)32-18/h4-8,10,13-14,18-19,23-24,29H,2-3,9,11-12,15H2,1H3/t18-,19-,23+,24-/m0/s1. The van der Waals surface area contributed by atoms with E-state index < -0.39 is 17.8 Å². The van der Waals surface area contributed by atoms with Crippen LogP contribution in [0.1, 0.15) is 67.9 Å². The molecule has 2 heterocycles. The van der Waals surface area contributed by atoms with Crippen molar-refractivity contribution in [2.75, 3.05) is 11.9 Å². The van der Waals surface area contributed by atoms with Crippen LogP contribution < -0.4 is 5.32 Å². The summed E-state index contributed by atoms with van der Waals surface area (Å²) in [6.07, 6.45) is -1.79. The fourth-order valence-corrected chi connectivity index (χ4v) is 4.62. The average Bonchev–Trinajstić information content (AvgIpc) is 2.80. The Morgan fingerprint density at radius 1 is 1.16 bits per heavy atom. The lowest BCUT2D eigenvalue weighted by molar-refractivity contribution is -0.157. The second-order valence-corrected chi connectivity index (χ2v) is 8.54. The van der Waals surface area contributed by atoms with Crippen molar-refractivity contribution in [1.82, 2.24) is 0 Å². The molecule has 1 saturated heterocycles. The van der Waals surface area contributed by atoms with Gasteiger partial charge in [-0.3, -0.25) is 4.79 Å². The molecule has 0 saturated carbocycles. The Hall–Kier alpha value is -2.54. The number of halogens is 3. The minimum absolute atomic E-state index is 0.0274. The van der Waals surface area contributed by atoms with Gasteiger partial charge in [-0.15, -0.1) is 0 Å². The summed E-state index contributed by atoms with van der Waals surface area (Å²) in [4.78, 5) is 11.9. The molecule has 7 heteroatoms. The van der Waals surface area contributed by atoms with E-state index in [-0.39, 0.29) is 30.6 Å². The van der Waals surface area contributed by atoms with Crippen molar-refractivity contribution >= 4 is 11.7 Å². The number of unbranched alkanes of at least 4 members (excludes halogenated alkanes) is 1. The van der Waals surface area contributed by atoms with Crippen molar-refractivity contribution in [3.63, 3.8) is 0 Å². The molecular formula is C25H28F3NO3. The number of hydrogen-bond acceptors (Lipinski definition) is 4. The van der Waals surface area contributed by atoms with Gasteiger partial charge in [-0.25, -0.2) is 0 Å². The molecule has 0 aliphatic carbocycles. The zero-order valence-corrected chi connectivity index (χ0v) is 18.0. The average molecular weight is 447 g/mol. The molecule has 4 rings (SSSR count). The molecule has 2 aliphatic heterocycles. The van der Waals surface area contributed by atoms with Gasteiger partial charge in [0.2, 0.25) is 0 Å². The van der Waals surface area contributed by atoms with Crippen LogP contribution in [0.2, 0.25) is 0 Å². The summed E-state index contributed by atoms with van der Waals surface area (Å²) in [6.45, 7) is 2.13. The highest BCUT2D eigenvalue weighted by molar-refractivity contribution is 5.69. The predicted octanol–water partition coefficient (Wildman–Crippen LogP) is 6.44. The molecule has 0 bridgehead atoms. The molecule has 32 heavy (non-hydrogen) atoms. The predicted molar refractivity (Wildman–Crippen MR) is 115 cm³/mol. The zero-order chi connectivity index (χ0) is 22.7. The molecule has 0 amide bonds. The van der Waals surface area contributed by atoms with E-state index in [0.29, 0.717) is 24.1 Å². The molecule has 2 aliphatic rings. The van der Waals surface area contributed by atoms with Crippen LogP contribution in [0.25, 0.3) is 0 Å². The largest absolute Gasteiger partial charge is 0.463 e. The van der Waals surface area contributed by atoms with Gasteiger partial charge >= 0.3 is 12.1 Å². The number of hydrogen-bond donors (Lipinski definition) is 1. The number of fused-ring (bicyclic) bond motifs is 3. The normalized spacial score (nSPS) is 24.8. The number of nitrogens with one attached hydrogen (secondary N) is 1. The van der Waals surface area contributed by atoms with Gasteiger partial charge in [0.25, 0.3) is 0 Å². The molecule has 0 radical (unpaired) electrons. The number of benzene rings is 2. The SMILES string of the molecule is CCCCC(=O)OC[C@@H]1CC[C@H]2[C@@H](c3ccccc3)Nc3ccc(C(F)(F)F)cc3[C@H]2O1. The number of esters is 1. The number of carbonyl (C=O) groups excluding carboxylic acids is 1. The fraction of sp³-hybridized carbons (Fsp3) is 0.480. The van der Waals surface area contributed by atoms with E-state index in [2.05, 4.69) is 5.32 Å². The highest BCUT2D eigenvalue weighted by Gasteiger charge is 2.43. The van der Waals surface area contributed by atoms with E-state index >= 15 is 0 Å². The van der Waals surface area contributed by atoms with Crippen LogP contribution in [-0.4, -0.2) is 18.7 Å². The van der Waals surface area contributed by atoms with Crippen molar-refractivity contribution < 1.29 is 27.4 Å². The van der Waals surface area contributed by atoms with Crippen LogP contribution in [-0.2, 0) is 20.4 Å². The van der Waals surface area contributed by atoms with Gasteiger partial charge in [0.15, 0.2) is 0 Å². The highest BCUT2D eigenvalue weighted by Crippen LogP contribution is 2.51. The van der Waals surface area contributed by atoms with Crippen LogP contribution in [0.4, 0.5) is 18.9 Å². The minimum atomic E-state index is -4.43. The van der Waals surface area contributed by atoms with E-state index in [9.17, 15) is 18.0 Å². The molecule has 2 aromatic rings. The number of alkyl halides is 3. The molecule has 1 fully saturated rings. The van der Waals surface area contributed by atoms with Gasteiger partial charge < -0.3 is 14.8 Å². The Morgan fingerprint density at radius 2 is 1.94 bits per heavy atom. The Balaban J connectivity index is 1.59. The fourth-order valence-electron chi connectivity index (χ4n) is 4.62. The third-order valence-corrected chi connectivity index (χ3v) is 6.30. The summed E-state index contributed by atoms with van der Waals surface area (Å²) < 4.78 is 51.9. The Bertz CT molecular complexity index is 932. The summed E-state index contributed by atoms with van der Waals surface area (Å²) in [5.41, 5.74) is 1.54. The second-order valence-electron chi connectivity index (χ2n) is 8.54. The maximum atomic E-state index is 13.4. The molecule has 0 spiro atoms. The number of rotatable bonds is 6. The topological polar surface area (TPSA) is 47.6 Å². The summed E-state index contributed by atoms with van der Waals surface area (Å²) in [7, 11) is 0. The van der Waals surface area contributed by atoms with E-state index in [4.69, 9.17) is 9.47 Å². The van der Waals surface area contributed by atoms with Gasteiger partial charge in [0.1, 0.15) is 6.61 Å². The molecule has 172 valence electrons. The number of ether oxygens (including phenoxy) is 2. The Morgan fingerprint density at radius 3 is 2.66 bits per heavy atom. The van der Waals surface area contributed by atoms with E-state index in [1.165, 1.54) is 12.1 Å². The Kier molecular flexibility index (Phi) is 6.74. The van der Waals surface area contributed by atoms with E-state index in [0.717, 1.165) is 30.9 Å². The molecule has 0 aromatic heterocycles. The summed E-state index contributed by atoms with van der Waals surface area (Å²) in [5, 5.41) is 3.45. The first-order chi connectivity index (χ1) is 15.4. The smallest absolute Gasteiger partial charge is 0.416 e. The maximum Gasteiger partial charge on any atom is 0.416 e. The molecule has 4 nitrogen and oxygen atoms in total. The third-order valence-electron chi connectivity index (χ3n) is 6.30. The first-order valence-corrected chi connectivity index (χ1v) is 11.2. The lowest BCUT2D eigenvalue weighted by Gasteiger charge is -2.45. The van der Waals surface area contributed by atoms with Crippen LogP contribution in [0.15, 0.2) is 48.5 Å². The molecule has 4 atom stereocenters. The van der Waals surface area contributed by atoms with Crippen molar-refractivity contribution in [3.05, 3.63) is 65.2 Å².